The molecular formula is C19H13BrNO4S2-. The molecule has 1 amide bonds. The van der Waals surface area contributed by atoms with Crippen LogP contribution in [0.2, 0.25) is 0 Å². The lowest BCUT2D eigenvalue weighted by molar-refractivity contribution is -0.255. The summed E-state index contributed by atoms with van der Waals surface area (Å²) in [6.07, 6.45) is 1.72. The molecule has 1 aliphatic heterocycles. The Morgan fingerprint density at radius 3 is 2.81 bits per heavy atom. The van der Waals surface area contributed by atoms with E-state index in [-0.39, 0.29) is 11.5 Å². The zero-order valence-electron chi connectivity index (χ0n) is 14.1. The molecule has 0 radical (unpaired) electrons. The SMILES string of the molecule is CCOc1ccc(Br)cc1/C=C1/SC(=S)N(c2cccc(C(=O)[O-])c2)C1=O. The minimum atomic E-state index is -1.31. The Morgan fingerprint density at radius 1 is 1.33 bits per heavy atom. The number of carboxylic acids is 1. The molecular weight excluding hydrogens is 450 g/mol. The second-order valence-corrected chi connectivity index (χ2v) is 8.06. The Balaban J connectivity index is 1.97. The molecule has 0 spiro atoms. The minimum absolute atomic E-state index is 0.0175. The first-order valence-electron chi connectivity index (χ1n) is 7.92. The summed E-state index contributed by atoms with van der Waals surface area (Å²) in [5.74, 6) is -0.971. The fraction of sp³-hybridized carbons (Fsp3) is 0.105. The van der Waals surface area contributed by atoms with Gasteiger partial charge in [0.2, 0.25) is 0 Å². The van der Waals surface area contributed by atoms with Gasteiger partial charge in [-0.3, -0.25) is 9.69 Å². The zero-order chi connectivity index (χ0) is 19.6. The Morgan fingerprint density at radius 2 is 2.11 bits per heavy atom. The quantitative estimate of drug-likeness (QED) is 0.499. The largest absolute Gasteiger partial charge is 0.545 e. The molecule has 1 aliphatic rings. The molecule has 8 heteroatoms. The highest BCUT2D eigenvalue weighted by Gasteiger charge is 2.33. The topological polar surface area (TPSA) is 69.7 Å². The number of anilines is 1. The normalized spacial score (nSPS) is 15.5. The van der Waals surface area contributed by atoms with Gasteiger partial charge in [0.05, 0.1) is 23.2 Å². The van der Waals surface area contributed by atoms with E-state index in [0.717, 1.165) is 21.8 Å². The summed E-state index contributed by atoms with van der Waals surface area (Å²) in [5, 5.41) is 11.1. The van der Waals surface area contributed by atoms with Gasteiger partial charge < -0.3 is 14.6 Å². The van der Waals surface area contributed by atoms with Gasteiger partial charge in [-0.1, -0.05) is 52.0 Å². The zero-order valence-corrected chi connectivity index (χ0v) is 17.3. The van der Waals surface area contributed by atoms with Gasteiger partial charge in [-0.2, -0.15) is 0 Å². The summed E-state index contributed by atoms with van der Waals surface area (Å²) >= 11 is 9.91. The number of thioether (sulfide) groups is 1. The lowest BCUT2D eigenvalue weighted by Gasteiger charge is -2.16. The maximum atomic E-state index is 12.9. The second kappa shape index (κ2) is 8.24. The van der Waals surface area contributed by atoms with Crippen molar-refractivity contribution in [2.45, 2.75) is 6.92 Å². The monoisotopic (exact) mass is 462 g/mol. The van der Waals surface area contributed by atoms with Crippen molar-refractivity contribution in [3.8, 4) is 5.75 Å². The van der Waals surface area contributed by atoms with E-state index in [1.54, 1.807) is 18.2 Å². The highest BCUT2D eigenvalue weighted by molar-refractivity contribution is 9.10. The van der Waals surface area contributed by atoms with Crippen molar-refractivity contribution in [3.63, 3.8) is 0 Å². The van der Waals surface area contributed by atoms with Crippen molar-refractivity contribution in [2.24, 2.45) is 0 Å². The number of rotatable bonds is 5. The van der Waals surface area contributed by atoms with E-state index >= 15 is 0 Å². The molecule has 2 aromatic rings. The van der Waals surface area contributed by atoms with Crippen LogP contribution in [0.3, 0.4) is 0 Å². The molecule has 27 heavy (non-hydrogen) atoms. The number of carbonyl (C=O) groups is 2. The number of carbonyl (C=O) groups excluding carboxylic acids is 2. The van der Waals surface area contributed by atoms with Crippen LogP contribution in [0.5, 0.6) is 5.75 Å². The maximum Gasteiger partial charge on any atom is 0.270 e. The van der Waals surface area contributed by atoms with E-state index in [2.05, 4.69) is 15.9 Å². The maximum absolute atomic E-state index is 12.9. The van der Waals surface area contributed by atoms with Gasteiger partial charge >= 0.3 is 0 Å². The van der Waals surface area contributed by atoms with E-state index in [0.29, 0.717) is 27.3 Å². The third-order valence-electron chi connectivity index (χ3n) is 3.69. The molecule has 1 heterocycles. The van der Waals surface area contributed by atoms with Crippen LogP contribution in [0.1, 0.15) is 22.8 Å². The number of aromatic carboxylic acids is 1. The summed E-state index contributed by atoms with van der Waals surface area (Å²) in [6.45, 7) is 2.38. The first-order valence-corrected chi connectivity index (χ1v) is 9.94. The van der Waals surface area contributed by atoms with E-state index in [9.17, 15) is 14.7 Å². The van der Waals surface area contributed by atoms with Crippen molar-refractivity contribution in [2.75, 3.05) is 11.5 Å². The lowest BCUT2D eigenvalue weighted by Crippen LogP contribution is -2.28. The molecule has 1 saturated heterocycles. The third-order valence-corrected chi connectivity index (χ3v) is 5.49. The van der Waals surface area contributed by atoms with Crippen LogP contribution < -0.4 is 14.7 Å². The average molecular weight is 463 g/mol. The van der Waals surface area contributed by atoms with Crippen molar-refractivity contribution in [3.05, 3.63) is 63.0 Å². The minimum Gasteiger partial charge on any atom is -0.545 e. The number of carboxylic acid groups (broad SMARTS) is 1. The summed E-state index contributed by atoms with van der Waals surface area (Å²) in [7, 11) is 0. The first kappa shape index (κ1) is 19.6. The van der Waals surface area contributed by atoms with E-state index < -0.39 is 5.97 Å². The van der Waals surface area contributed by atoms with Gasteiger partial charge in [0, 0.05) is 10.0 Å². The number of nitrogens with zero attached hydrogens (tertiary/aromatic N) is 1. The van der Waals surface area contributed by atoms with Crippen LogP contribution >= 0.6 is 39.9 Å². The predicted molar refractivity (Wildman–Crippen MR) is 112 cm³/mol. The molecule has 0 saturated carbocycles. The highest BCUT2D eigenvalue weighted by Crippen LogP contribution is 2.37. The Kier molecular flexibility index (Phi) is 5.98. The van der Waals surface area contributed by atoms with E-state index in [1.807, 2.05) is 25.1 Å². The Hall–Kier alpha value is -2.16. The molecule has 0 aromatic heterocycles. The number of amides is 1. The summed E-state index contributed by atoms with van der Waals surface area (Å²) in [4.78, 5) is 25.7. The van der Waals surface area contributed by atoms with Gasteiger partial charge in [0.15, 0.2) is 4.32 Å². The van der Waals surface area contributed by atoms with Crippen molar-refractivity contribution >= 4 is 67.9 Å². The molecule has 2 aromatic carbocycles. The molecule has 0 atom stereocenters. The van der Waals surface area contributed by atoms with Crippen LogP contribution in [0.4, 0.5) is 5.69 Å². The number of thiocarbonyl (C=S) groups is 1. The number of ether oxygens (including phenoxy) is 1. The fourth-order valence-electron chi connectivity index (χ4n) is 2.52. The summed E-state index contributed by atoms with van der Waals surface area (Å²) in [6, 6.07) is 11.5. The van der Waals surface area contributed by atoms with Gasteiger partial charge in [-0.05, 0) is 48.9 Å². The van der Waals surface area contributed by atoms with Crippen molar-refractivity contribution in [1.82, 2.24) is 0 Å². The molecule has 5 nitrogen and oxygen atoms in total. The van der Waals surface area contributed by atoms with E-state index in [4.69, 9.17) is 17.0 Å². The highest BCUT2D eigenvalue weighted by atomic mass is 79.9. The molecule has 0 aliphatic carbocycles. The number of hydrogen-bond acceptors (Lipinski definition) is 6. The number of halogens is 1. The Bertz CT molecular complexity index is 974. The first-order chi connectivity index (χ1) is 12.9. The standard InChI is InChI=1S/C19H14BrNO4S2/c1-2-25-15-7-6-13(20)8-12(15)10-16-17(22)21(19(26)27-16)14-5-3-4-11(9-14)18(23)24/h3-10H,2H2,1H3,(H,23,24)/p-1/b16-10+. The van der Waals surface area contributed by atoms with Gasteiger partial charge in [0.1, 0.15) is 5.75 Å². The van der Waals surface area contributed by atoms with Crippen LogP contribution in [-0.2, 0) is 4.79 Å². The van der Waals surface area contributed by atoms with Gasteiger partial charge in [0.25, 0.3) is 5.91 Å². The van der Waals surface area contributed by atoms with E-state index in [1.165, 1.54) is 17.0 Å². The molecule has 1 fully saturated rings. The fourth-order valence-corrected chi connectivity index (χ4v) is 4.19. The van der Waals surface area contributed by atoms with Crippen LogP contribution in [0, 0.1) is 0 Å². The van der Waals surface area contributed by atoms with Crippen molar-refractivity contribution < 1.29 is 19.4 Å². The van der Waals surface area contributed by atoms with Crippen LogP contribution in [0.15, 0.2) is 51.8 Å². The molecule has 0 N–H and O–H groups in total. The molecule has 3 rings (SSSR count). The van der Waals surface area contributed by atoms with Gasteiger partial charge in [-0.15, -0.1) is 0 Å². The Labute approximate surface area is 174 Å². The summed E-state index contributed by atoms with van der Waals surface area (Å²) in [5.41, 5.74) is 1.12. The average Bonchev–Trinajstić information content (AvgIpc) is 2.91. The number of hydrogen-bond donors (Lipinski definition) is 0. The predicted octanol–water partition coefficient (Wildman–Crippen LogP) is 3.62. The van der Waals surface area contributed by atoms with Gasteiger partial charge in [-0.25, -0.2) is 0 Å². The lowest BCUT2D eigenvalue weighted by atomic mass is 10.1. The molecule has 0 bridgehead atoms. The van der Waals surface area contributed by atoms with Crippen LogP contribution in [-0.4, -0.2) is 22.8 Å². The molecule has 138 valence electrons. The third kappa shape index (κ3) is 4.23. The van der Waals surface area contributed by atoms with Crippen molar-refractivity contribution in [1.29, 1.82) is 0 Å². The smallest absolute Gasteiger partial charge is 0.270 e. The summed E-state index contributed by atoms with van der Waals surface area (Å²) < 4.78 is 6.80. The second-order valence-electron chi connectivity index (χ2n) is 5.47. The number of benzene rings is 2. The van der Waals surface area contributed by atoms with Crippen LogP contribution in [0.25, 0.3) is 6.08 Å². The molecule has 0 unspecified atom stereocenters.